The Hall–Kier alpha value is -0.840. The molecule has 2 aromatic rings. The first-order chi connectivity index (χ1) is 9.04. The number of halogens is 2. The molecule has 1 N–H and O–H groups in total. The molecule has 0 amide bonds. The summed E-state index contributed by atoms with van der Waals surface area (Å²) in [7, 11) is 0. The fourth-order valence-electron chi connectivity index (χ4n) is 1.96. The summed E-state index contributed by atoms with van der Waals surface area (Å²) in [5, 5.41) is 8.51. The lowest BCUT2D eigenvalue weighted by Crippen LogP contribution is -2.12. The number of nitrogens with zero attached hydrogens (tertiary/aromatic N) is 2. The van der Waals surface area contributed by atoms with Gasteiger partial charge in [0.15, 0.2) is 0 Å². The van der Waals surface area contributed by atoms with Crippen LogP contribution in [-0.2, 0) is 6.54 Å². The molecule has 0 bridgehead atoms. The van der Waals surface area contributed by atoms with Crippen molar-refractivity contribution in [2.75, 3.05) is 6.54 Å². The summed E-state index contributed by atoms with van der Waals surface area (Å²) < 4.78 is 2.89. The monoisotopic (exact) mass is 341 g/mol. The maximum Gasteiger partial charge on any atom is 0.0848 e. The number of rotatable bonds is 4. The molecule has 1 aromatic heterocycles. The first kappa shape index (κ1) is 14.6. The molecule has 0 atom stereocenters. The first-order valence-corrected chi connectivity index (χ1v) is 7.43. The Balaban J connectivity index is 2.37. The largest absolute Gasteiger partial charge is 0.313 e. The van der Waals surface area contributed by atoms with Gasteiger partial charge < -0.3 is 5.32 Å². The van der Waals surface area contributed by atoms with E-state index in [4.69, 9.17) is 11.6 Å². The highest BCUT2D eigenvalue weighted by Gasteiger charge is 2.13. The van der Waals surface area contributed by atoms with Gasteiger partial charge >= 0.3 is 0 Å². The number of hydrogen-bond donors (Lipinski definition) is 1. The predicted molar refractivity (Wildman–Crippen MR) is 83.1 cm³/mol. The minimum Gasteiger partial charge on any atom is -0.313 e. The van der Waals surface area contributed by atoms with E-state index in [0.717, 1.165) is 39.7 Å². The van der Waals surface area contributed by atoms with Crippen LogP contribution in [0.15, 0.2) is 22.7 Å². The van der Waals surface area contributed by atoms with Crippen molar-refractivity contribution in [3.63, 3.8) is 0 Å². The molecule has 1 heterocycles. The van der Waals surface area contributed by atoms with E-state index in [0.29, 0.717) is 0 Å². The smallest absolute Gasteiger partial charge is 0.0848 e. The van der Waals surface area contributed by atoms with E-state index in [9.17, 15) is 0 Å². The molecular weight excluding hydrogens is 326 g/mol. The van der Waals surface area contributed by atoms with Gasteiger partial charge in [0.05, 0.1) is 22.1 Å². The number of aromatic nitrogens is 2. The van der Waals surface area contributed by atoms with Gasteiger partial charge in [0.2, 0.25) is 0 Å². The maximum atomic E-state index is 6.19. The van der Waals surface area contributed by atoms with Crippen LogP contribution in [0.2, 0.25) is 5.02 Å². The van der Waals surface area contributed by atoms with Crippen molar-refractivity contribution in [3.05, 3.63) is 44.6 Å². The van der Waals surface area contributed by atoms with E-state index in [-0.39, 0.29) is 0 Å². The van der Waals surface area contributed by atoms with Gasteiger partial charge in [-0.2, -0.15) is 5.10 Å². The van der Waals surface area contributed by atoms with Crippen LogP contribution in [0.25, 0.3) is 5.69 Å². The number of nitrogens with one attached hydrogen (secondary N) is 1. The van der Waals surface area contributed by atoms with Crippen LogP contribution in [0, 0.1) is 13.8 Å². The lowest BCUT2D eigenvalue weighted by Gasteiger charge is -2.09. The van der Waals surface area contributed by atoms with E-state index in [1.165, 1.54) is 5.56 Å². The van der Waals surface area contributed by atoms with E-state index < -0.39 is 0 Å². The molecule has 0 unspecified atom stereocenters. The van der Waals surface area contributed by atoms with Crippen LogP contribution in [0.3, 0.4) is 0 Å². The van der Waals surface area contributed by atoms with Crippen LogP contribution in [0.1, 0.15) is 23.9 Å². The van der Waals surface area contributed by atoms with Crippen molar-refractivity contribution in [1.82, 2.24) is 15.1 Å². The van der Waals surface area contributed by atoms with Crippen molar-refractivity contribution >= 4 is 27.5 Å². The van der Waals surface area contributed by atoms with Gasteiger partial charge in [-0.3, -0.25) is 0 Å². The quantitative estimate of drug-likeness (QED) is 0.909. The van der Waals surface area contributed by atoms with Crippen LogP contribution in [0.5, 0.6) is 0 Å². The molecule has 5 heteroatoms. The van der Waals surface area contributed by atoms with Gasteiger partial charge in [0.1, 0.15) is 0 Å². The second kappa shape index (κ2) is 6.07. The van der Waals surface area contributed by atoms with Crippen molar-refractivity contribution in [2.45, 2.75) is 27.3 Å². The zero-order valence-electron chi connectivity index (χ0n) is 11.3. The van der Waals surface area contributed by atoms with Crippen LogP contribution >= 0.6 is 27.5 Å². The Kier molecular flexibility index (Phi) is 4.66. The van der Waals surface area contributed by atoms with Gasteiger partial charge in [-0.15, -0.1) is 0 Å². The summed E-state index contributed by atoms with van der Waals surface area (Å²) >= 11 is 9.80. The van der Waals surface area contributed by atoms with Gasteiger partial charge in [0, 0.05) is 11.0 Å². The molecular formula is C14H17BrClN3. The average Bonchev–Trinajstić information content (AvgIpc) is 2.64. The summed E-state index contributed by atoms with van der Waals surface area (Å²) in [5.74, 6) is 0. The number of hydrogen-bond acceptors (Lipinski definition) is 2. The second-order valence-electron chi connectivity index (χ2n) is 4.46. The Morgan fingerprint density at radius 1 is 1.37 bits per heavy atom. The third-order valence-electron chi connectivity index (χ3n) is 3.02. The molecule has 0 saturated carbocycles. The zero-order chi connectivity index (χ0) is 14.0. The summed E-state index contributed by atoms with van der Waals surface area (Å²) in [5.41, 5.74) is 4.06. The second-order valence-corrected chi connectivity index (χ2v) is 5.70. The highest BCUT2D eigenvalue weighted by Crippen LogP contribution is 2.27. The molecule has 3 nitrogen and oxygen atoms in total. The number of benzene rings is 1. The van der Waals surface area contributed by atoms with E-state index in [2.05, 4.69) is 51.5 Å². The maximum absolute atomic E-state index is 6.19. The predicted octanol–water partition coefficient (Wildman–Crippen LogP) is 4.01. The summed E-state index contributed by atoms with van der Waals surface area (Å²) in [6.45, 7) is 7.82. The van der Waals surface area contributed by atoms with Crippen molar-refractivity contribution in [2.24, 2.45) is 0 Å². The average molecular weight is 343 g/mol. The Morgan fingerprint density at radius 2 is 2.11 bits per heavy atom. The molecule has 0 aliphatic heterocycles. The van der Waals surface area contributed by atoms with Gasteiger partial charge in [-0.25, -0.2) is 4.68 Å². The Morgan fingerprint density at radius 3 is 2.63 bits per heavy atom. The molecule has 0 fully saturated rings. The fourth-order valence-corrected chi connectivity index (χ4v) is 2.67. The van der Waals surface area contributed by atoms with Crippen molar-refractivity contribution in [1.29, 1.82) is 0 Å². The van der Waals surface area contributed by atoms with E-state index in [1.54, 1.807) is 0 Å². The molecule has 0 aliphatic rings. The molecule has 102 valence electrons. The topological polar surface area (TPSA) is 29.9 Å². The first-order valence-electron chi connectivity index (χ1n) is 6.25. The minimum absolute atomic E-state index is 0.726. The number of aryl methyl sites for hydroxylation is 1. The minimum atomic E-state index is 0.726. The molecule has 0 saturated heterocycles. The third kappa shape index (κ3) is 3.02. The lowest BCUT2D eigenvalue weighted by molar-refractivity contribution is 0.725. The van der Waals surface area contributed by atoms with Gasteiger partial charge in [0.25, 0.3) is 0 Å². The van der Waals surface area contributed by atoms with Gasteiger partial charge in [-0.1, -0.05) is 24.6 Å². The lowest BCUT2D eigenvalue weighted by atomic mass is 10.2. The molecule has 0 radical (unpaired) electrons. The van der Waals surface area contributed by atoms with Gasteiger partial charge in [-0.05, 0) is 54.0 Å². The SMILES string of the molecule is CCNCc1ccc(-n2nc(C)c(Cl)c2C)c(Br)c1. The van der Waals surface area contributed by atoms with E-state index >= 15 is 0 Å². The standard InChI is InChI=1S/C14H17BrClN3/c1-4-17-8-11-5-6-13(12(15)7-11)19-10(3)14(16)9(2)18-19/h5-7,17H,4,8H2,1-3H3. The third-order valence-corrected chi connectivity index (χ3v) is 4.20. The molecule has 2 rings (SSSR count). The zero-order valence-corrected chi connectivity index (χ0v) is 13.6. The summed E-state index contributed by atoms with van der Waals surface area (Å²) in [6, 6.07) is 6.28. The highest BCUT2D eigenvalue weighted by atomic mass is 79.9. The Labute approximate surface area is 127 Å². The van der Waals surface area contributed by atoms with E-state index in [1.807, 2.05) is 18.5 Å². The highest BCUT2D eigenvalue weighted by molar-refractivity contribution is 9.10. The molecule has 0 spiro atoms. The molecule has 1 aromatic carbocycles. The van der Waals surface area contributed by atoms with Crippen molar-refractivity contribution < 1.29 is 0 Å². The Bertz CT molecular complexity index is 593. The molecule has 0 aliphatic carbocycles. The van der Waals surface area contributed by atoms with Crippen LogP contribution in [0.4, 0.5) is 0 Å². The fraction of sp³-hybridized carbons (Fsp3) is 0.357. The summed E-state index contributed by atoms with van der Waals surface area (Å²) in [4.78, 5) is 0. The normalized spacial score (nSPS) is 11.0. The van der Waals surface area contributed by atoms with Crippen molar-refractivity contribution in [3.8, 4) is 5.69 Å². The van der Waals surface area contributed by atoms with Crippen LogP contribution < -0.4 is 5.32 Å². The molecule has 19 heavy (non-hydrogen) atoms. The summed E-state index contributed by atoms with van der Waals surface area (Å²) in [6.07, 6.45) is 0. The van der Waals surface area contributed by atoms with Crippen LogP contribution in [-0.4, -0.2) is 16.3 Å².